The van der Waals surface area contributed by atoms with Crippen molar-refractivity contribution in [3.8, 4) is 0 Å². The van der Waals surface area contributed by atoms with Gasteiger partial charge in [-0.25, -0.2) is 9.18 Å². The topological polar surface area (TPSA) is 54.0 Å². The molecule has 2 aromatic carbocycles. The van der Waals surface area contributed by atoms with Crippen LogP contribution in [0.1, 0.15) is 48.1 Å². The first-order valence-corrected chi connectivity index (χ1v) is 13.3. The van der Waals surface area contributed by atoms with Crippen molar-refractivity contribution in [2.24, 2.45) is 11.8 Å². The van der Waals surface area contributed by atoms with Crippen molar-refractivity contribution in [2.75, 3.05) is 0 Å². The molecule has 0 saturated heterocycles. The van der Waals surface area contributed by atoms with Gasteiger partial charge in [0, 0.05) is 22.2 Å². The van der Waals surface area contributed by atoms with Gasteiger partial charge in [-0.3, -0.25) is 4.98 Å². The summed E-state index contributed by atoms with van der Waals surface area (Å²) < 4.78 is 56.8. The number of carbonyl (C=O) groups excluding carboxylic acids is 1. The normalized spacial score (nSPS) is 22.5. The molecule has 1 aromatic heterocycles. The molecule has 2 saturated carbocycles. The minimum absolute atomic E-state index is 0.0103. The molecule has 9 heteroatoms. The first-order valence-electron chi connectivity index (χ1n) is 12.3. The fourth-order valence-electron chi connectivity index (χ4n) is 5.87. The third-order valence-electron chi connectivity index (χ3n) is 7.58. The van der Waals surface area contributed by atoms with Gasteiger partial charge in [-0.2, -0.15) is 13.2 Å². The second-order valence-electron chi connectivity index (χ2n) is 10.0. The molecule has 37 heavy (non-hydrogen) atoms. The number of nitrogens with zero attached hydrogens (tertiary/aromatic N) is 1. The van der Waals surface area contributed by atoms with Crippen LogP contribution in [0.25, 0.3) is 0 Å². The van der Waals surface area contributed by atoms with Crippen LogP contribution in [0, 0.1) is 21.2 Å². The average molecular weight is 623 g/mol. The van der Waals surface area contributed by atoms with Crippen LogP contribution in [0.3, 0.4) is 0 Å². The quantitative estimate of drug-likeness (QED) is 0.234. The largest absolute Gasteiger partial charge is 0.416 e. The van der Waals surface area contributed by atoms with Crippen molar-refractivity contribution >= 4 is 28.6 Å². The summed E-state index contributed by atoms with van der Waals surface area (Å²) in [5.41, 5.74) is -1.64. The van der Waals surface area contributed by atoms with Gasteiger partial charge in [0.2, 0.25) is 0 Å². The molecule has 0 unspecified atom stereocenters. The Morgan fingerprint density at radius 1 is 1.00 bits per heavy atom. The molecular formula is C28H26F4IN3O. The summed E-state index contributed by atoms with van der Waals surface area (Å²) in [5, 5.41) is 6.04. The number of hydrogen-bond acceptors (Lipinski definition) is 2. The van der Waals surface area contributed by atoms with Crippen molar-refractivity contribution in [1.82, 2.24) is 15.6 Å². The predicted molar refractivity (Wildman–Crippen MR) is 140 cm³/mol. The summed E-state index contributed by atoms with van der Waals surface area (Å²) in [6, 6.07) is 14.4. The number of fused-ring (bicyclic) bond motifs is 2. The van der Waals surface area contributed by atoms with Gasteiger partial charge < -0.3 is 10.6 Å². The molecule has 1 heterocycles. The highest BCUT2D eigenvalue weighted by atomic mass is 127. The van der Waals surface area contributed by atoms with Crippen molar-refractivity contribution in [3.05, 3.63) is 98.6 Å². The number of pyridine rings is 1. The van der Waals surface area contributed by atoms with Crippen molar-refractivity contribution in [2.45, 2.75) is 49.9 Å². The van der Waals surface area contributed by atoms with Gasteiger partial charge in [0.25, 0.3) is 0 Å². The lowest BCUT2D eigenvalue weighted by Crippen LogP contribution is -2.55. The van der Waals surface area contributed by atoms with E-state index in [9.17, 15) is 22.4 Å². The van der Waals surface area contributed by atoms with Crippen molar-refractivity contribution in [3.63, 3.8) is 0 Å². The molecule has 0 radical (unpaired) electrons. The Bertz CT molecular complexity index is 1270. The Morgan fingerprint density at radius 3 is 2.38 bits per heavy atom. The van der Waals surface area contributed by atoms with Gasteiger partial charge in [0.1, 0.15) is 11.4 Å². The molecular weight excluding hydrogens is 597 g/mol. The maximum absolute atomic E-state index is 14.7. The third-order valence-corrected chi connectivity index (χ3v) is 8.21. The van der Waals surface area contributed by atoms with E-state index in [0.29, 0.717) is 23.6 Å². The first kappa shape index (κ1) is 25.9. The molecule has 2 fully saturated rings. The van der Waals surface area contributed by atoms with E-state index in [2.05, 4.69) is 38.2 Å². The zero-order valence-electron chi connectivity index (χ0n) is 19.9. The molecule has 194 valence electrons. The summed E-state index contributed by atoms with van der Waals surface area (Å²) in [4.78, 5) is 18.0. The molecule has 4 nitrogen and oxygen atoms in total. The highest BCUT2D eigenvalue weighted by Gasteiger charge is 2.43. The lowest BCUT2D eigenvalue weighted by atomic mass is 9.79. The van der Waals surface area contributed by atoms with E-state index in [1.165, 1.54) is 6.42 Å². The summed E-state index contributed by atoms with van der Waals surface area (Å²) in [6.45, 7) is 0. The Labute approximate surface area is 226 Å². The zero-order valence-corrected chi connectivity index (χ0v) is 22.0. The van der Waals surface area contributed by atoms with E-state index < -0.39 is 29.1 Å². The summed E-state index contributed by atoms with van der Waals surface area (Å²) in [6.07, 6.45) is 1.09. The van der Waals surface area contributed by atoms with Crippen molar-refractivity contribution < 1.29 is 22.4 Å². The van der Waals surface area contributed by atoms with Gasteiger partial charge in [-0.1, -0.05) is 36.8 Å². The van der Waals surface area contributed by atoms with Crippen LogP contribution < -0.4 is 10.6 Å². The molecule has 0 spiro atoms. The number of rotatable bonds is 6. The molecule has 0 aliphatic heterocycles. The minimum atomic E-state index is -4.76. The molecule has 2 N–H and O–H groups in total. The number of halogens is 5. The average Bonchev–Trinajstić information content (AvgIpc) is 3.47. The van der Waals surface area contributed by atoms with E-state index in [4.69, 9.17) is 0 Å². The highest BCUT2D eigenvalue weighted by molar-refractivity contribution is 14.1. The monoisotopic (exact) mass is 623 g/mol. The summed E-state index contributed by atoms with van der Waals surface area (Å²) in [7, 11) is 0. The Balaban J connectivity index is 1.62. The van der Waals surface area contributed by atoms with Crippen LogP contribution in [-0.2, 0) is 18.1 Å². The number of urea groups is 1. The van der Waals surface area contributed by atoms with E-state index in [1.54, 1.807) is 18.3 Å². The Kier molecular flexibility index (Phi) is 7.17. The van der Waals surface area contributed by atoms with Crippen LogP contribution in [0.4, 0.5) is 22.4 Å². The second kappa shape index (κ2) is 10.2. The lowest BCUT2D eigenvalue weighted by Gasteiger charge is -2.36. The van der Waals surface area contributed by atoms with Crippen LogP contribution >= 0.6 is 22.6 Å². The SMILES string of the molecule is O=C(N[C@@H]1C[C@@H]2CC[C@H]1C2)N[C@@](Cc1ccccc1)(c1cc(F)cc(C(F)(F)F)c1)c1ccc(I)cn1. The number of nitrogens with one attached hydrogen (secondary N) is 2. The van der Waals surface area contributed by atoms with Crippen molar-refractivity contribution in [1.29, 1.82) is 0 Å². The minimum Gasteiger partial charge on any atom is -0.335 e. The predicted octanol–water partition coefficient (Wildman–Crippen LogP) is 6.82. The lowest BCUT2D eigenvalue weighted by molar-refractivity contribution is -0.137. The van der Waals surface area contributed by atoms with Gasteiger partial charge in [0.15, 0.2) is 0 Å². The number of hydrogen-bond donors (Lipinski definition) is 2. The standard InChI is InChI=1S/C28H26F4IN3O/c29-22-13-20(12-21(14-22)28(30,31)32)27(15-17-4-2-1-3-5-17,25-9-8-23(33)16-34-25)36-26(37)35-24-11-18-6-7-19(24)10-18/h1-5,8-9,12-14,16,18-19,24H,6-7,10-11,15H2,(H2,35,36,37)/t18-,19+,24-,27+/m1/s1. The maximum Gasteiger partial charge on any atom is 0.416 e. The molecule has 2 amide bonds. The van der Waals surface area contributed by atoms with Gasteiger partial charge in [0.05, 0.1) is 11.3 Å². The maximum atomic E-state index is 14.7. The van der Waals surface area contributed by atoms with Crippen LogP contribution in [0.15, 0.2) is 66.9 Å². The number of alkyl halides is 3. The van der Waals surface area contributed by atoms with E-state index in [0.717, 1.165) is 40.5 Å². The Hall–Kier alpha value is -2.69. The highest BCUT2D eigenvalue weighted by Crippen LogP contribution is 2.44. The molecule has 2 aliphatic carbocycles. The number of amides is 2. The van der Waals surface area contributed by atoms with Crippen LogP contribution in [0.2, 0.25) is 0 Å². The molecule has 2 bridgehead atoms. The molecule has 2 aliphatic rings. The fourth-order valence-corrected chi connectivity index (χ4v) is 6.19. The summed E-state index contributed by atoms with van der Waals surface area (Å²) >= 11 is 2.08. The van der Waals surface area contributed by atoms with Gasteiger partial charge in [-0.15, -0.1) is 0 Å². The molecule has 3 aromatic rings. The zero-order chi connectivity index (χ0) is 26.2. The van der Waals surface area contributed by atoms with E-state index in [1.807, 2.05) is 30.3 Å². The van der Waals surface area contributed by atoms with Crippen LogP contribution in [-0.4, -0.2) is 17.1 Å². The molecule has 4 atom stereocenters. The summed E-state index contributed by atoms with van der Waals surface area (Å²) in [5.74, 6) is -0.0374. The van der Waals surface area contributed by atoms with Gasteiger partial charge >= 0.3 is 12.2 Å². The second-order valence-corrected chi connectivity index (χ2v) is 11.3. The third kappa shape index (κ3) is 5.61. The Morgan fingerprint density at radius 2 is 1.76 bits per heavy atom. The molecule has 5 rings (SSSR count). The number of carbonyl (C=O) groups is 1. The van der Waals surface area contributed by atoms with Gasteiger partial charge in [-0.05, 0) is 95.1 Å². The van der Waals surface area contributed by atoms with Crippen LogP contribution in [0.5, 0.6) is 0 Å². The number of benzene rings is 2. The smallest absolute Gasteiger partial charge is 0.335 e. The first-order chi connectivity index (χ1) is 17.6. The number of aromatic nitrogens is 1. The van der Waals surface area contributed by atoms with E-state index in [-0.39, 0.29) is 18.0 Å². The van der Waals surface area contributed by atoms with E-state index >= 15 is 0 Å². The fraction of sp³-hybridized carbons (Fsp3) is 0.357.